The van der Waals surface area contributed by atoms with Gasteiger partial charge < -0.3 is 14.5 Å². The van der Waals surface area contributed by atoms with Gasteiger partial charge in [-0.3, -0.25) is 14.3 Å². The molecule has 1 unspecified atom stereocenters. The molecule has 1 amide bonds. The minimum atomic E-state index is -1.44. The number of piperazine rings is 1. The van der Waals surface area contributed by atoms with Gasteiger partial charge in [0.25, 0.3) is 5.56 Å². The summed E-state index contributed by atoms with van der Waals surface area (Å²) >= 11 is 0. The largest absolute Gasteiger partial charge is 0.460 e. The summed E-state index contributed by atoms with van der Waals surface area (Å²) in [6.45, 7) is 7.57. The molecule has 1 saturated heterocycles. The van der Waals surface area contributed by atoms with Gasteiger partial charge in [0.15, 0.2) is 0 Å². The van der Waals surface area contributed by atoms with Crippen LogP contribution in [-0.2, 0) is 11.3 Å². The normalized spacial score (nSPS) is 19.8. The van der Waals surface area contributed by atoms with E-state index < -0.39 is 6.36 Å². The van der Waals surface area contributed by atoms with E-state index in [9.17, 15) is 14.0 Å². The molecule has 2 aromatic heterocycles. The zero-order valence-corrected chi connectivity index (χ0v) is 22.2. The highest BCUT2D eigenvalue weighted by molar-refractivity contribution is 5.84. The summed E-state index contributed by atoms with van der Waals surface area (Å²) in [6, 6.07) is 13.2. The van der Waals surface area contributed by atoms with Crippen molar-refractivity contribution in [2.45, 2.75) is 52.2 Å². The third-order valence-corrected chi connectivity index (χ3v) is 7.75. The molecule has 1 fully saturated rings. The highest BCUT2D eigenvalue weighted by Crippen LogP contribution is 2.37. The van der Waals surface area contributed by atoms with Crippen LogP contribution in [0.2, 0.25) is 0 Å². The van der Waals surface area contributed by atoms with Crippen molar-refractivity contribution in [2.75, 3.05) is 24.5 Å². The van der Waals surface area contributed by atoms with Crippen molar-refractivity contribution in [3.8, 4) is 16.9 Å². The number of benzene rings is 2. The lowest BCUT2D eigenvalue weighted by Gasteiger charge is -2.39. The van der Waals surface area contributed by atoms with Crippen LogP contribution in [0.1, 0.15) is 38.8 Å². The monoisotopic (exact) mass is 530 g/mol. The van der Waals surface area contributed by atoms with Crippen LogP contribution in [0.25, 0.3) is 22.0 Å². The zero-order chi connectivity index (χ0) is 27.3. The van der Waals surface area contributed by atoms with Crippen LogP contribution < -0.4 is 15.2 Å². The Bertz CT molecular complexity index is 1600. The van der Waals surface area contributed by atoms with Gasteiger partial charge >= 0.3 is 0 Å². The summed E-state index contributed by atoms with van der Waals surface area (Å²) in [6.07, 6.45) is 2.88. The first kappa shape index (κ1) is 25.1. The highest BCUT2D eigenvalue weighted by atomic mass is 19.1. The van der Waals surface area contributed by atoms with Gasteiger partial charge in [0.2, 0.25) is 18.2 Å². The quantitative estimate of drug-likeness (QED) is 0.388. The number of aromatic nitrogens is 4. The second-order valence-corrected chi connectivity index (χ2v) is 10.3. The maximum atomic E-state index is 13.8. The Balaban J connectivity index is 1.33. The molecule has 4 heterocycles. The third-order valence-electron chi connectivity index (χ3n) is 7.75. The summed E-state index contributed by atoms with van der Waals surface area (Å²) in [5.41, 5.74) is 3.36. The van der Waals surface area contributed by atoms with Crippen LogP contribution in [0.15, 0.2) is 59.7 Å². The fourth-order valence-corrected chi connectivity index (χ4v) is 5.85. The van der Waals surface area contributed by atoms with Crippen molar-refractivity contribution in [1.82, 2.24) is 24.2 Å². The SMILES string of the molecule is CC(=O)N1CCN(c2ncc(-c3ccc4c(=O)n5n(c4c3)[C@@H](c3ccccc3OC(C)F)CC5)cn2)[C@H](C)C1. The van der Waals surface area contributed by atoms with Crippen LogP contribution in [0, 0.1) is 0 Å². The molecule has 4 aromatic rings. The van der Waals surface area contributed by atoms with E-state index in [0.29, 0.717) is 49.7 Å². The number of hydrogen-bond donors (Lipinski definition) is 0. The number of nitrogens with zero attached hydrogens (tertiary/aromatic N) is 6. The topological polar surface area (TPSA) is 85.5 Å². The molecule has 0 saturated carbocycles. The molecule has 6 rings (SSSR count). The van der Waals surface area contributed by atoms with Gasteiger partial charge in [-0.1, -0.05) is 24.3 Å². The van der Waals surface area contributed by atoms with E-state index in [1.54, 1.807) is 30.1 Å². The van der Waals surface area contributed by atoms with Gasteiger partial charge in [-0.2, -0.15) is 0 Å². The van der Waals surface area contributed by atoms with E-state index in [2.05, 4.69) is 21.8 Å². The Morgan fingerprint density at radius 2 is 1.85 bits per heavy atom. The summed E-state index contributed by atoms with van der Waals surface area (Å²) in [5.74, 6) is 1.20. The number of halogens is 1. The molecule has 0 radical (unpaired) electrons. The molecule has 3 atom stereocenters. The first-order chi connectivity index (χ1) is 18.8. The lowest BCUT2D eigenvalue weighted by atomic mass is 10.0. The molecule has 0 bridgehead atoms. The van der Waals surface area contributed by atoms with Crippen LogP contribution in [-0.4, -0.2) is 62.2 Å². The second-order valence-electron chi connectivity index (χ2n) is 10.3. The highest BCUT2D eigenvalue weighted by Gasteiger charge is 2.30. The number of carbonyl (C=O) groups excluding carboxylic acids is 1. The molecular formula is C29H31FN6O3. The fourth-order valence-electron chi connectivity index (χ4n) is 5.85. The van der Waals surface area contributed by atoms with Gasteiger partial charge in [-0.25, -0.2) is 19.0 Å². The smallest absolute Gasteiger partial charge is 0.274 e. The number of carbonyl (C=O) groups is 1. The molecule has 2 aromatic carbocycles. The summed E-state index contributed by atoms with van der Waals surface area (Å²) in [5, 5.41) is 0.635. The Morgan fingerprint density at radius 1 is 1.08 bits per heavy atom. The fraction of sp³-hybridized carbons (Fsp3) is 0.379. The lowest BCUT2D eigenvalue weighted by Crippen LogP contribution is -2.53. The summed E-state index contributed by atoms with van der Waals surface area (Å²) < 4.78 is 23.0. The van der Waals surface area contributed by atoms with Crippen LogP contribution in [0.5, 0.6) is 5.75 Å². The van der Waals surface area contributed by atoms with Gasteiger partial charge in [-0.05, 0) is 37.1 Å². The third kappa shape index (κ3) is 4.43. The molecule has 202 valence electrons. The van der Waals surface area contributed by atoms with Gasteiger partial charge in [0.05, 0.1) is 16.9 Å². The number of fused-ring (bicyclic) bond motifs is 3. The van der Waals surface area contributed by atoms with Gasteiger partial charge in [-0.15, -0.1) is 0 Å². The van der Waals surface area contributed by atoms with E-state index >= 15 is 0 Å². The molecule has 39 heavy (non-hydrogen) atoms. The Hall–Kier alpha value is -4.21. The van der Waals surface area contributed by atoms with Crippen molar-refractivity contribution >= 4 is 22.8 Å². The predicted octanol–water partition coefficient (Wildman–Crippen LogP) is 4.00. The van der Waals surface area contributed by atoms with Crippen LogP contribution >= 0.6 is 0 Å². The molecule has 9 nitrogen and oxygen atoms in total. The summed E-state index contributed by atoms with van der Waals surface area (Å²) in [4.78, 5) is 38.2. The number of anilines is 1. The average Bonchev–Trinajstić information content (AvgIpc) is 3.48. The average molecular weight is 531 g/mol. The number of hydrogen-bond acceptors (Lipinski definition) is 6. The number of alkyl halides is 1. The van der Waals surface area contributed by atoms with E-state index in [-0.39, 0.29) is 23.6 Å². The first-order valence-corrected chi connectivity index (χ1v) is 13.3. The van der Waals surface area contributed by atoms with Crippen molar-refractivity contribution in [3.63, 3.8) is 0 Å². The van der Waals surface area contributed by atoms with Crippen LogP contribution in [0.3, 0.4) is 0 Å². The van der Waals surface area contributed by atoms with Crippen LogP contribution in [0.4, 0.5) is 10.3 Å². The van der Waals surface area contributed by atoms with Gasteiger partial charge in [0.1, 0.15) is 5.75 Å². The maximum absolute atomic E-state index is 13.8. The lowest BCUT2D eigenvalue weighted by molar-refractivity contribution is -0.129. The van der Waals surface area contributed by atoms with Crippen molar-refractivity contribution in [2.24, 2.45) is 0 Å². The Morgan fingerprint density at radius 3 is 2.56 bits per heavy atom. The predicted molar refractivity (Wildman–Crippen MR) is 147 cm³/mol. The minimum absolute atomic E-state index is 0.0402. The van der Waals surface area contributed by atoms with E-state index in [0.717, 1.165) is 22.2 Å². The number of rotatable bonds is 5. The minimum Gasteiger partial charge on any atom is -0.460 e. The molecule has 2 aliphatic rings. The molecular weight excluding hydrogens is 499 g/mol. The van der Waals surface area contributed by atoms with E-state index in [1.165, 1.54) is 6.92 Å². The van der Waals surface area contributed by atoms with Crippen molar-refractivity contribution < 1.29 is 13.9 Å². The van der Waals surface area contributed by atoms with E-state index in [4.69, 9.17) is 4.74 Å². The zero-order valence-electron chi connectivity index (χ0n) is 22.2. The maximum Gasteiger partial charge on any atom is 0.274 e. The standard InChI is InChI=1S/C29H31FN6O3/c1-18-17-33(20(3)37)12-13-34(18)29-31-15-22(16-32-29)21-8-9-24-26(14-21)36-25(10-11-35(36)28(24)38)23-6-4-5-7-27(23)39-19(2)30/h4-9,14-16,18-19,25H,10-13,17H2,1-3H3/t18-,19?,25-/m1/s1. The molecule has 0 spiro atoms. The second kappa shape index (κ2) is 9.83. The number of ether oxygens (including phenoxy) is 1. The Labute approximate surface area is 225 Å². The van der Waals surface area contributed by atoms with Crippen molar-refractivity contribution in [3.05, 3.63) is 70.8 Å². The molecule has 10 heteroatoms. The first-order valence-electron chi connectivity index (χ1n) is 13.3. The van der Waals surface area contributed by atoms with Crippen molar-refractivity contribution in [1.29, 1.82) is 0 Å². The van der Waals surface area contributed by atoms with Gasteiger partial charge in [0, 0.05) is 69.6 Å². The number of amides is 1. The molecule has 2 aliphatic heterocycles. The Kier molecular flexibility index (Phi) is 6.32. The van der Waals surface area contributed by atoms with E-state index in [1.807, 2.05) is 46.0 Å². The molecule has 0 N–H and O–H groups in total. The summed E-state index contributed by atoms with van der Waals surface area (Å²) in [7, 11) is 0. The molecule has 0 aliphatic carbocycles. The number of para-hydroxylation sites is 1.